The van der Waals surface area contributed by atoms with Crippen molar-refractivity contribution in [2.24, 2.45) is 5.41 Å². The molecule has 1 aromatic heterocycles. The third-order valence-electron chi connectivity index (χ3n) is 4.91. The molecule has 1 spiro atoms. The maximum atomic E-state index is 6.03. The second kappa shape index (κ2) is 2.45. The van der Waals surface area contributed by atoms with Crippen molar-refractivity contribution in [2.45, 2.75) is 50.7 Å². The highest BCUT2D eigenvalue weighted by Gasteiger charge is 2.71. The van der Waals surface area contributed by atoms with E-state index in [4.69, 9.17) is 15.0 Å². The van der Waals surface area contributed by atoms with E-state index in [2.05, 4.69) is 12.1 Å². The summed E-state index contributed by atoms with van der Waals surface area (Å²) in [6.07, 6.45) is 6.09. The average molecular weight is 220 g/mol. The van der Waals surface area contributed by atoms with Crippen molar-refractivity contribution >= 4 is 5.88 Å². The Morgan fingerprint density at radius 2 is 2.19 bits per heavy atom. The predicted molar refractivity (Wildman–Crippen MR) is 57.8 cm³/mol. The van der Waals surface area contributed by atoms with Gasteiger partial charge >= 0.3 is 0 Å². The third kappa shape index (κ3) is 0.808. The molecule has 4 heteroatoms. The molecule has 16 heavy (non-hydrogen) atoms. The normalized spacial score (nSPS) is 44.4. The largest absolute Gasteiger partial charge is 0.367 e. The highest BCUT2D eigenvalue weighted by Crippen LogP contribution is 2.69. The fourth-order valence-corrected chi connectivity index (χ4v) is 3.86. The number of nitrogens with two attached hydrogens (primary N) is 1. The lowest BCUT2D eigenvalue weighted by Gasteiger charge is -2.42. The molecule has 0 aromatic carbocycles. The molecule has 2 fully saturated rings. The van der Waals surface area contributed by atoms with Crippen LogP contribution in [0, 0.1) is 5.41 Å². The minimum atomic E-state index is 0.0571. The summed E-state index contributed by atoms with van der Waals surface area (Å²) in [5.41, 5.74) is 8.20. The van der Waals surface area contributed by atoms with Gasteiger partial charge in [0, 0.05) is 11.0 Å². The summed E-state index contributed by atoms with van der Waals surface area (Å²) < 4.78 is 11.1. The molecule has 2 aliphatic carbocycles. The number of hydrogen-bond donors (Lipinski definition) is 1. The quantitative estimate of drug-likeness (QED) is 0.681. The Morgan fingerprint density at radius 1 is 1.38 bits per heavy atom. The molecule has 1 saturated carbocycles. The van der Waals surface area contributed by atoms with Gasteiger partial charge < -0.3 is 15.0 Å². The van der Waals surface area contributed by atoms with Crippen molar-refractivity contribution in [3.05, 3.63) is 11.3 Å². The molecular formula is C12H16N2O2. The third-order valence-corrected chi connectivity index (χ3v) is 4.91. The zero-order valence-corrected chi connectivity index (χ0v) is 9.45. The molecule has 0 amide bonds. The van der Waals surface area contributed by atoms with Crippen molar-refractivity contribution in [1.82, 2.24) is 5.16 Å². The minimum Gasteiger partial charge on any atom is -0.367 e. The fraction of sp³-hybridized carbons (Fsp3) is 0.750. The molecule has 1 saturated heterocycles. The molecule has 1 aliphatic heterocycles. The molecule has 0 unspecified atom stereocenters. The number of hydrogen-bond acceptors (Lipinski definition) is 4. The molecule has 3 atom stereocenters. The standard InChI is InChI=1S/C12H16N2O2/c1-11-4-2-3-5-12(11)9(15-12)8-7(6-11)10(13)16-14-8/h9H,2-6,13H2,1H3/t9-,11+,12-/m0/s1. The first-order valence-corrected chi connectivity index (χ1v) is 6.08. The van der Waals surface area contributed by atoms with Gasteiger partial charge in [0.1, 0.15) is 17.4 Å². The molecule has 86 valence electrons. The van der Waals surface area contributed by atoms with Crippen molar-refractivity contribution in [3.63, 3.8) is 0 Å². The van der Waals surface area contributed by atoms with Gasteiger partial charge in [0.05, 0.1) is 0 Å². The van der Waals surface area contributed by atoms with Crippen molar-refractivity contribution in [1.29, 1.82) is 0 Å². The maximum Gasteiger partial charge on any atom is 0.225 e. The van der Waals surface area contributed by atoms with Crippen molar-refractivity contribution in [3.8, 4) is 0 Å². The van der Waals surface area contributed by atoms with E-state index in [0.717, 1.165) is 17.7 Å². The van der Waals surface area contributed by atoms with E-state index < -0.39 is 0 Å². The van der Waals surface area contributed by atoms with E-state index in [1.54, 1.807) is 0 Å². The van der Waals surface area contributed by atoms with Gasteiger partial charge in [0.25, 0.3) is 0 Å². The molecular weight excluding hydrogens is 204 g/mol. The van der Waals surface area contributed by atoms with Crippen LogP contribution in [0.25, 0.3) is 0 Å². The molecule has 0 bridgehead atoms. The number of nitrogens with zero attached hydrogens (tertiary/aromatic N) is 1. The Labute approximate surface area is 94.1 Å². The lowest BCUT2D eigenvalue weighted by Crippen LogP contribution is -2.43. The van der Waals surface area contributed by atoms with E-state index in [-0.39, 0.29) is 17.1 Å². The fourth-order valence-electron chi connectivity index (χ4n) is 3.86. The predicted octanol–water partition coefficient (Wildman–Crippen LogP) is 2.20. The van der Waals surface area contributed by atoms with Crippen LogP contribution in [0.5, 0.6) is 0 Å². The monoisotopic (exact) mass is 220 g/mol. The minimum absolute atomic E-state index is 0.0571. The van der Waals surface area contributed by atoms with E-state index in [1.165, 1.54) is 25.7 Å². The Bertz CT molecular complexity index is 470. The van der Waals surface area contributed by atoms with Gasteiger partial charge in [-0.05, 0) is 19.3 Å². The number of epoxide rings is 1. The number of fused-ring (bicyclic) bond motifs is 2. The van der Waals surface area contributed by atoms with Crippen LogP contribution in [-0.4, -0.2) is 10.8 Å². The van der Waals surface area contributed by atoms with Gasteiger partial charge in [0.15, 0.2) is 0 Å². The first kappa shape index (κ1) is 9.05. The van der Waals surface area contributed by atoms with Crippen LogP contribution in [0.1, 0.15) is 50.0 Å². The number of rotatable bonds is 0. The van der Waals surface area contributed by atoms with Crippen LogP contribution in [0.3, 0.4) is 0 Å². The van der Waals surface area contributed by atoms with Crippen LogP contribution >= 0.6 is 0 Å². The smallest absolute Gasteiger partial charge is 0.225 e. The molecule has 4 rings (SSSR count). The topological polar surface area (TPSA) is 64.6 Å². The van der Waals surface area contributed by atoms with Crippen LogP contribution in [0.2, 0.25) is 0 Å². The van der Waals surface area contributed by atoms with Crippen molar-refractivity contribution in [2.75, 3.05) is 5.73 Å². The summed E-state index contributed by atoms with van der Waals surface area (Å²) in [5, 5.41) is 4.07. The van der Waals surface area contributed by atoms with Gasteiger partial charge in [0.2, 0.25) is 5.88 Å². The van der Waals surface area contributed by atoms with Crippen LogP contribution in [0.15, 0.2) is 4.52 Å². The van der Waals surface area contributed by atoms with Crippen LogP contribution in [-0.2, 0) is 11.2 Å². The average Bonchev–Trinajstić information content (AvgIpc) is 2.90. The second-order valence-electron chi connectivity index (χ2n) is 5.74. The number of aromatic nitrogens is 1. The summed E-state index contributed by atoms with van der Waals surface area (Å²) >= 11 is 0. The van der Waals surface area contributed by atoms with E-state index in [9.17, 15) is 0 Å². The Morgan fingerprint density at radius 3 is 3.06 bits per heavy atom. The zero-order valence-electron chi connectivity index (χ0n) is 9.45. The molecule has 3 aliphatic rings. The SMILES string of the molecule is C[C@]12CCCC[C@@]13O[C@H]3c1noc(N)c1C2. The van der Waals surface area contributed by atoms with E-state index >= 15 is 0 Å². The Balaban J connectivity index is 1.88. The molecule has 4 nitrogen and oxygen atoms in total. The van der Waals surface area contributed by atoms with Gasteiger partial charge in [-0.2, -0.15) is 0 Å². The maximum absolute atomic E-state index is 6.03. The van der Waals surface area contributed by atoms with Crippen LogP contribution in [0.4, 0.5) is 5.88 Å². The molecule has 0 radical (unpaired) electrons. The van der Waals surface area contributed by atoms with Crippen molar-refractivity contribution < 1.29 is 9.26 Å². The lowest BCUT2D eigenvalue weighted by molar-refractivity contribution is 0.0674. The van der Waals surface area contributed by atoms with Gasteiger partial charge in [-0.3, -0.25) is 0 Å². The Kier molecular flexibility index (Phi) is 1.39. The first-order chi connectivity index (χ1) is 7.66. The second-order valence-corrected chi connectivity index (χ2v) is 5.74. The highest BCUT2D eigenvalue weighted by atomic mass is 16.6. The highest BCUT2D eigenvalue weighted by molar-refractivity contribution is 5.47. The Hall–Kier alpha value is -1.03. The van der Waals surface area contributed by atoms with E-state index in [1.807, 2.05) is 0 Å². The summed E-state index contributed by atoms with van der Waals surface area (Å²) in [6, 6.07) is 0. The van der Waals surface area contributed by atoms with Gasteiger partial charge in [-0.25, -0.2) is 0 Å². The summed E-state index contributed by atoms with van der Waals surface area (Å²) in [5.74, 6) is 0.492. The summed E-state index contributed by atoms with van der Waals surface area (Å²) in [7, 11) is 0. The number of anilines is 1. The molecule has 2 heterocycles. The lowest BCUT2D eigenvalue weighted by atomic mass is 9.60. The molecule has 2 N–H and O–H groups in total. The van der Waals surface area contributed by atoms with Gasteiger partial charge in [-0.15, -0.1) is 0 Å². The zero-order chi connectivity index (χ0) is 11.0. The summed E-state index contributed by atoms with van der Waals surface area (Å²) in [4.78, 5) is 0. The first-order valence-electron chi connectivity index (χ1n) is 6.08. The van der Waals surface area contributed by atoms with E-state index in [0.29, 0.717) is 5.88 Å². The van der Waals surface area contributed by atoms with Gasteiger partial charge in [-0.1, -0.05) is 24.9 Å². The summed E-state index contributed by atoms with van der Waals surface area (Å²) in [6.45, 7) is 2.33. The number of nitrogen functional groups attached to an aromatic ring is 1. The van der Waals surface area contributed by atoms with Crippen LogP contribution < -0.4 is 5.73 Å². The number of ether oxygens (including phenoxy) is 1. The molecule has 1 aromatic rings.